The minimum Gasteiger partial charge on any atom is -0.285 e. The van der Waals surface area contributed by atoms with Gasteiger partial charge in [-0.2, -0.15) is 0 Å². The van der Waals surface area contributed by atoms with Crippen molar-refractivity contribution >= 4 is 17.1 Å². The Balaban J connectivity index is 1.84. The topological polar surface area (TPSA) is 37.6 Å². The van der Waals surface area contributed by atoms with Crippen molar-refractivity contribution in [2.45, 2.75) is 74.1 Å². The Morgan fingerprint density at radius 2 is 1.80 bits per heavy atom. The summed E-state index contributed by atoms with van der Waals surface area (Å²) in [6.45, 7) is 23.7. The third-order valence-corrected chi connectivity index (χ3v) is 8.68. The molecule has 1 aliphatic carbocycles. The number of rotatable bonds is 16. The second kappa shape index (κ2) is 20.5. The first kappa shape index (κ1) is 38.6. The summed E-state index contributed by atoms with van der Waals surface area (Å²) < 4.78 is 0. The average Bonchev–Trinajstić information content (AvgIpc) is 3.08. The van der Waals surface area contributed by atoms with E-state index in [1.807, 2.05) is 38.1 Å². The van der Waals surface area contributed by atoms with E-state index in [0.29, 0.717) is 18.4 Å². The second-order valence-corrected chi connectivity index (χ2v) is 13.0. The lowest BCUT2D eigenvalue weighted by atomic mass is 9.86. The van der Waals surface area contributed by atoms with Crippen LogP contribution in [0.4, 0.5) is 5.69 Å². The number of aryl methyl sites for hydroxylation is 1. The fourth-order valence-corrected chi connectivity index (χ4v) is 5.60. The van der Waals surface area contributed by atoms with Gasteiger partial charge in [0.2, 0.25) is 0 Å². The van der Waals surface area contributed by atoms with Gasteiger partial charge in [-0.05, 0) is 112 Å². The van der Waals surface area contributed by atoms with Crippen molar-refractivity contribution in [3.63, 3.8) is 0 Å². The standard InChI is InChI=1S/C46H55N3/c1-10-18-42(34(2)3)20-14-15-23-44(45-29-26-35(4)33-37(45)6)24-16-19-41(30-32-48-39(8)43-21-12-11-13-22-43)28-27-36(5)38(7)49-46-25-17-31-47-40(46)9/h10-13,15,17-18,20-22,25-31,33-34,37H,1,5,16,19,23-24,32H2,2-4,6-9H3/b28-27-,41-30-,42-18-,45-44-,48-39?,49-38?. The Labute approximate surface area is 296 Å². The molecule has 0 saturated carbocycles. The van der Waals surface area contributed by atoms with Gasteiger partial charge in [0.05, 0.1) is 17.9 Å². The summed E-state index contributed by atoms with van der Waals surface area (Å²) in [7, 11) is 0. The number of nitrogens with zero attached hydrogens (tertiary/aromatic N) is 3. The zero-order chi connectivity index (χ0) is 35.6. The molecule has 1 aliphatic rings. The Kier molecular flexibility index (Phi) is 16.1. The van der Waals surface area contributed by atoms with E-state index >= 15 is 0 Å². The van der Waals surface area contributed by atoms with E-state index < -0.39 is 0 Å². The maximum atomic E-state index is 4.89. The van der Waals surface area contributed by atoms with E-state index in [0.717, 1.165) is 59.6 Å². The van der Waals surface area contributed by atoms with Crippen LogP contribution in [0.5, 0.6) is 0 Å². The van der Waals surface area contributed by atoms with Crippen molar-refractivity contribution in [3.8, 4) is 0 Å². The highest BCUT2D eigenvalue weighted by atomic mass is 14.8. The van der Waals surface area contributed by atoms with Crippen LogP contribution in [0.25, 0.3) is 0 Å². The van der Waals surface area contributed by atoms with Crippen molar-refractivity contribution < 1.29 is 0 Å². The number of pyridine rings is 1. The van der Waals surface area contributed by atoms with Gasteiger partial charge in [0.15, 0.2) is 0 Å². The molecular formula is C46H55N3. The van der Waals surface area contributed by atoms with Crippen LogP contribution in [0, 0.1) is 18.8 Å². The molecule has 1 aromatic carbocycles. The molecule has 0 fully saturated rings. The summed E-state index contributed by atoms with van der Waals surface area (Å²) in [5, 5.41) is 0. The molecule has 0 N–H and O–H groups in total. The minimum absolute atomic E-state index is 0.392. The average molecular weight is 650 g/mol. The molecule has 0 spiro atoms. The van der Waals surface area contributed by atoms with Crippen molar-refractivity contribution in [2.24, 2.45) is 21.8 Å². The summed E-state index contributed by atoms with van der Waals surface area (Å²) in [5.41, 5.74) is 15.9. The van der Waals surface area contributed by atoms with Crippen molar-refractivity contribution in [2.75, 3.05) is 6.54 Å². The Morgan fingerprint density at radius 1 is 1.02 bits per heavy atom. The molecule has 2 aromatic rings. The molecule has 254 valence electrons. The largest absolute Gasteiger partial charge is 0.285 e. The van der Waals surface area contributed by atoms with Gasteiger partial charge >= 0.3 is 0 Å². The smallest absolute Gasteiger partial charge is 0.0845 e. The van der Waals surface area contributed by atoms with Gasteiger partial charge in [-0.15, -0.1) is 5.73 Å². The van der Waals surface area contributed by atoms with Crippen molar-refractivity contribution in [1.29, 1.82) is 0 Å². The monoisotopic (exact) mass is 649 g/mol. The lowest BCUT2D eigenvalue weighted by Crippen LogP contribution is -2.03. The predicted molar refractivity (Wildman–Crippen MR) is 215 cm³/mol. The van der Waals surface area contributed by atoms with Crippen LogP contribution in [0.1, 0.15) is 78.5 Å². The fraction of sp³-hybridized carbons (Fsp3) is 0.304. The van der Waals surface area contributed by atoms with E-state index in [4.69, 9.17) is 9.98 Å². The van der Waals surface area contributed by atoms with Gasteiger partial charge in [0, 0.05) is 17.6 Å². The van der Waals surface area contributed by atoms with Gasteiger partial charge in [-0.1, -0.05) is 130 Å². The number of hydrogen-bond acceptors (Lipinski definition) is 3. The molecule has 0 amide bonds. The van der Waals surface area contributed by atoms with Crippen LogP contribution >= 0.6 is 0 Å². The maximum absolute atomic E-state index is 4.89. The maximum Gasteiger partial charge on any atom is 0.0845 e. The molecular weight excluding hydrogens is 595 g/mol. The molecule has 1 aromatic heterocycles. The first-order chi connectivity index (χ1) is 23.6. The first-order valence-corrected chi connectivity index (χ1v) is 17.5. The summed E-state index contributed by atoms with van der Waals surface area (Å²) in [4.78, 5) is 14.1. The van der Waals surface area contributed by atoms with Crippen LogP contribution < -0.4 is 0 Å². The summed E-state index contributed by atoms with van der Waals surface area (Å²) in [6, 6.07) is 14.3. The zero-order valence-corrected chi connectivity index (χ0v) is 30.8. The highest BCUT2D eigenvalue weighted by Gasteiger charge is 2.13. The molecule has 3 nitrogen and oxygen atoms in total. The quantitative estimate of drug-likeness (QED) is 0.101. The number of hydrogen-bond donors (Lipinski definition) is 0. The molecule has 49 heavy (non-hydrogen) atoms. The Bertz CT molecular complexity index is 1760. The molecule has 0 bridgehead atoms. The van der Waals surface area contributed by atoms with Crippen LogP contribution in [-0.2, 0) is 0 Å². The van der Waals surface area contributed by atoms with Gasteiger partial charge in [-0.25, -0.2) is 0 Å². The van der Waals surface area contributed by atoms with Gasteiger partial charge in [0.25, 0.3) is 0 Å². The molecule has 1 unspecified atom stereocenters. The number of benzene rings is 1. The van der Waals surface area contributed by atoms with Crippen LogP contribution in [-0.4, -0.2) is 23.0 Å². The van der Waals surface area contributed by atoms with E-state index in [1.165, 1.54) is 27.9 Å². The number of allylic oxidation sites excluding steroid dienone is 14. The van der Waals surface area contributed by atoms with E-state index in [9.17, 15) is 0 Å². The normalized spacial score (nSPS) is 16.8. The van der Waals surface area contributed by atoms with Crippen molar-refractivity contribution in [3.05, 3.63) is 173 Å². The SMILES string of the molecule is C=C/C=C(/C=C=CC/C(CCCC(/C=C\C(=C)C(C)=Nc1cccnc1C)=C/CN=C(C)c1ccccc1)=C1\C=CC(C)=CC1C)C(C)C. The van der Waals surface area contributed by atoms with Gasteiger partial charge < -0.3 is 0 Å². The van der Waals surface area contributed by atoms with Crippen LogP contribution in [0.15, 0.2) is 172 Å². The van der Waals surface area contributed by atoms with Gasteiger partial charge in [-0.3, -0.25) is 15.0 Å². The molecule has 3 heteroatoms. The molecule has 3 rings (SSSR count). The third-order valence-electron chi connectivity index (χ3n) is 8.68. The molecule has 0 radical (unpaired) electrons. The fourth-order valence-electron chi connectivity index (χ4n) is 5.60. The molecule has 0 saturated heterocycles. The van der Waals surface area contributed by atoms with Gasteiger partial charge in [0.1, 0.15) is 0 Å². The predicted octanol–water partition coefficient (Wildman–Crippen LogP) is 12.5. The third kappa shape index (κ3) is 13.3. The number of aliphatic imine (C=N–C) groups is 2. The lowest BCUT2D eigenvalue weighted by Gasteiger charge is -2.19. The first-order valence-electron chi connectivity index (χ1n) is 17.5. The second-order valence-electron chi connectivity index (χ2n) is 13.0. The highest BCUT2D eigenvalue weighted by molar-refractivity contribution is 6.01. The number of aromatic nitrogens is 1. The highest BCUT2D eigenvalue weighted by Crippen LogP contribution is 2.30. The van der Waals surface area contributed by atoms with E-state index in [1.54, 1.807) is 6.20 Å². The van der Waals surface area contributed by atoms with Crippen LogP contribution in [0.2, 0.25) is 0 Å². The summed E-state index contributed by atoms with van der Waals surface area (Å²) >= 11 is 0. The molecule has 1 heterocycles. The Morgan fingerprint density at radius 3 is 2.49 bits per heavy atom. The Hall–Kier alpha value is -4.85. The molecule has 1 atom stereocenters. The van der Waals surface area contributed by atoms with Crippen LogP contribution in [0.3, 0.4) is 0 Å². The summed E-state index contributed by atoms with van der Waals surface area (Å²) in [6.07, 6.45) is 27.3. The summed E-state index contributed by atoms with van der Waals surface area (Å²) in [5.74, 6) is 0.819. The van der Waals surface area contributed by atoms with Crippen molar-refractivity contribution in [1.82, 2.24) is 4.98 Å². The van der Waals surface area contributed by atoms with E-state index in [-0.39, 0.29) is 0 Å². The van der Waals surface area contributed by atoms with E-state index in [2.05, 4.69) is 137 Å². The molecule has 0 aliphatic heterocycles. The lowest BCUT2D eigenvalue weighted by molar-refractivity contribution is 0.761. The zero-order valence-electron chi connectivity index (χ0n) is 30.8. The minimum atomic E-state index is 0.392.